The van der Waals surface area contributed by atoms with Crippen LogP contribution in [0.5, 0.6) is 0 Å². The van der Waals surface area contributed by atoms with E-state index in [0.29, 0.717) is 22.4 Å². The zero-order valence-electron chi connectivity index (χ0n) is 8.48. The Hall–Kier alpha value is -1.01. The minimum atomic E-state index is -0.0652. The van der Waals surface area contributed by atoms with Crippen LogP contribution in [0, 0.1) is 5.92 Å². The number of carbonyl (C=O) groups is 1. The Bertz CT molecular complexity index is 429. The van der Waals surface area contributed by atoms with Gasteiger partial charge in [0, 0.05) is 6.04 Å². The first-order chi connectivity index (χ1) is 7.72. The van der Waals surface area contributed by atoms with E-state index in [1.165, 1.54) is 6.42 Å². The second-order valence-electron chi connectivity index (χ2n) is 4.27. The Balaban J connectivity index is 1.64. The van der Waals surface area contributed by atoms with E-state index in [9.17, 15) is 4.79 Å². The SMILES string of the molecule is O=C(Nc1cncc(Br)n1)[C@@H]1C[C@H]2CC2N1. The van der Waals surface area contributed by atoms with Gasteiger partial charge in [0.1, 0.15) is 4.60 Å². The van der Waals surface area contributed by atoms with Gasteiger partial charge in [0.15, 0.2) is 5.82 Å². The van der Waals surface area contributed by atoms with Crippen molar-refractivity contribution in [2.45, 2.75) is 24.9 Å². The van der Waals surface area contributed by atoms with E-state index in [4.69, 9.17) is 0 Å². The lowest BCUT2D eigenvalue weighted by Gasteiger charge is -2.12. The van der Waals surface area contributed by atoms with Crippen LogP contribution in [0.15, 0.2) is 17.0 Å². The second-order valence-corrected chi connectivity index (χ2v) is 5.09. The number of hydrogen-bond acceptors (Lipinski definition) is 4. The number of amides is 1. The van der Waals surface area contributed by atoms with Crippen molar-refractivity contribution in [1.82, 2.24) is 15.3 Å². The standard InChI is InChI=1S/C10H11BrN4O/c11-8-3-12-4-9(14-8)15-10(16)7-2-5-1-6(5)13-7/h3-7,13H,1-2H2,(H,14,15,16)/t5-,6?,7+/m1/s1. The predicted octanol–water partition coefficient (Wildman–Crippen LogP) is 0.928. The molecular formula is C10H11BrN4O. The van der Waals surface area contributed by atoms with Crippen molar-refractivity contribution in [3.63, 3.8) is 0 Å². The largest absolute Gasteiger partial charge is 0.308 e. The molecule has 1 aliphatic carbocycles. The first-order valence-corrected chi connectivity index (χ1v) is 6.06. The summed E-state index contributed by atoms with van der Waals surface area (Å²) in [6.45, 7) is 0. The minimum Gasteiger partial charge on any atom is -0.308 e. The molecule has 84 valence electrons. The van der Waals surface area contributed by atoms with Gasteiger partial charge in [-0.15, -0.1) is 0 Å². The third-order valence-electron chi connectivity index (χ3n) is 3.05. The number of rotatable bonds is 2. The second kappa shape index (κ2) is 3.78. The quantitative estimate of drug-likeness (QED) is 0.847. The Morgan fingerprint density at radius 2 is 2.38 bits per heavy atom. The summed E-state index contributed by atoms with van der Waals surface area (Å²) in [7, 11) is 0. The summed E-state index contributed by atoms with van der Waals surface area (Å²) in [5.74, 6) is 1.19. The summed E-state index contributed by atoms with van der Waals surface area (Å²) in [4.78, 5) is 19.9. The summed E-state index contributed by atoms with van der Waals surface area (Å²) >= 11 is 3.21. The van der Waals surface area contributed by atoms with Gasteiger partial charge in [-0.05, 0) is 34.7 Å². The van der Waals surface area contributed by atoms with Gasteiger partial charge in [0.05, 0.1) is 18.4 Å². The van der Waals surface area contributed by atoms with Gasteiger partial charge in [-0.25, -0.2) is 4.98 Å². The molecule has 0 spiro atoms. The van der Waals surface area contributed by atoms with Crippen LogP contribution in [0.4, 0.5) is 5.82 Å². The number of anilines is 1. The van der Waals surface area contributed by atoms with Crippen LogP contribution < -0.4 is 10.6 Å². The highest BCUT2D eigenvalue weighted by molar-refractivity contribution is 9.10. The molecule has 3 atom stereocenters. The maximum Gasteiger partial charge on any atom is 0.242 e. The molecule has 3 rings (SSSR count). The fraction of sp³-hybridized carbons (Fsp3) is 0.500. The average Bonchev–Trinajstić information content (AvgIpc) is 2.86. The van der Waals surface area contributed by atoms with Crippen molar-refractivity contribution < 1.29 is 4.79 Å². The Morgan fingerprint density at radius 1 is 1.50 bits per heavy atom. The number of piperidine rings is 1. The molecule has 0 radical (unpaired) electrons. The van der Waals surface area contributed by atoms with Gasteiger partial charge in [-0.3, -0.25) is 9.78 Å². The van der Waals surface area contributed by atoms with Crippen LogP contribution in [-0.2, 0) is 4.79 Å². The van der Waals surface area contributed by atoms with Gasteiger partial charge in [0.25, 0.3) is 0 Å². The van der Waals surface area contributed by atoms with Crippen LogP contribution >= 0.6 is 15.9 Å². The van der Waals surface area contributed by atoms with Crippen molar-refractivity contribution in [3.8, 4) is 0 Å². The first-order valence-electron chi connectivity index (χ1n) is 5.27. The summed E-state index contributed by atoms with van der Waals surface area (Å²) in [5, 5.41) is 6.05. The molecule has 2 aliphatic rings. The molecule has 0 aromatic carbocycles. The van der Waals surface area contributed by atoms with E-state index in [2.05, 4.69) is 36.5 Å². The lowest BCUT2D eigenvalue weighted by atomic mass is 10.2. The lowest BCUT2D eigenvalue weighted by Crippen LogP contribution is -2.38. The topological polar surface area (TPSA) is 66.9 Å². The molecule has 1 amide bonds. The highest BCUT2D eigenvalue weighted by atomic mass is 79.9. The average molecular weight is 283 g/mol. The molecule has 16 heavy (non-hydrogen) atoms. The van der Waals surface area contributed by atoms with E-state index < -0.39 is 0 Å². The highest BCUT2D eigenvalue weighted by Crippen LogP contribution is 2.40. The lowest BCUT2D eigenvalue weighted by molar-refractivity contribution is -0.118. The molecular weight excluding hydrogens is 272 g/mol. The minimum absolute atomic E-state index is 0.0143. The molecule has 1 saturated carbocycles. The zero-order valence-corrected chi connectivity index (χ0v) is 10.1. The van der Waals surface area contributed by atoms with Crippen molar-refractivity contribution in [2.24, 2.45) is 5.92 Å². The Morgan fingerprint density at radius 3 is 3.06 bits per heavy atom. The maximum atomic E-state index is 11.8. The monoisotopic (exact) mass is 282 g/mol. The Kier molecular flexibility index (Phi) is 2.40. The third-order valence-corrected chi connectivity index (χ3v) is 3.43. The van der Waals surface area contributed by atoms with Crippen molar-refractivity contribution in [2.75, 3.05) is 5.32 Å². The van der Waals surface area contributed by atoms with E-state index in [0.717, 1.165) is 6.42 Å². The highest BCUT2D eigenvalue weighted by Gasteiger charge is 2.47. The molecule has 2 heterocycles. The number of carbonyl (C=O) groups excluding carboxylic acids is 1. The smallest absolute Gasteiger partial charge is 0.242 e. The van der Waals surface area contributed by atoms with E-state index in [1.807, 2.05) is 0 Å². The number of fused-ring (bicyclic) bond motifs is 1. The molecule has 2 N–H and O–H groups in total. The molecule has 0 bridgehead atoms. The number of halogens is 1. The van der Waals surface area contributed by atoms with Crippen LogP contribution in [-0.4, -0.2) is 28.0 Å². The van der Waals surface area contributed by atoms with Crippen LogP contribution in [0.3, 0.4) is 0 Å². The van der Waals surface area contributed by atoms with Crippen LogP contribution in [0.25, 0.3) is 0 Å². The zero-order chi connectivity index (χ0) is 11.1. The molecule has 6 heteroatoms. The molecule has 2 fully saturated rings. The summed E-state index contributed by atoms with van der Waals surface area (Å²) < 4.78 is 0.618. The summed E-state index contributed by atoms with van der Waals surface area (Å²) in [6.07, 6.45) is 5.29. The summed E-state index contributed by atoms with van der Waals surface area (Å²) in [6, 6.07) is 0.508. The molecule has 1 unspecified atom stereocenters. The number of hydrogen-bond donors (Lipinski definition) is 2. The van der Waals surface area contributed by atoms with Crippen LogP contribution in [0.2, 0.25) is 0 Å². The van der Waals surface area contributed by atoms with Crippen LogP contribution in [0.1, 0.15) is 12.8 Å². The van der Waals surface area contributed by atoms with Gasteiger partial charge < -0.3 is 10.6 Å². The first kappa shape index (κ1) is 10.2. The van der Waals surface area contributed by atoms with Gasteiger partial charge in [-0.2, -0.15) is 0 Å². The van der Waals surface area contributed by atoms with E-state index in [1.54, 1.807) is 12.4 Å². The fourth-order valence-electron chi connectivity index (χ4n) is 2.14. The van der Waals surface area contributed by atoms with Gasteiger partial charge in [-0.1, -0.05) is 0 Å². The van der Waals surface area contributed by atoms with Crippen molar-refractivity contribution >= 4 is 27.7 Å². The fourth-order valence-corrected chi connectivity index (χ4v) is 2.45. The predicted molar refractivity (Wildman–Crippen MR) is 61.8 cm³/mol. The number of nitrogens with zero attached hydrogens (tertiary/aromatic N) is 2. The van der Waals surface area contributed by atoms with Gasteiger partial charge >= 0.3 is 0 Å². The molecule has 1 saturated heterocycles. The normalized spacial score (nSPS) is 30.9. The van der Waals surface area contributed by atoms with Crippen molar-refractivity contribution in [1.29, 1.82) is 0 Å². The summed E-state index contributed by atoms with van der Waals surface area (Å²) in [5.41, 5.74) is 0. The third kappa shape index (κ3) is 1.94. The van der Waals surface area contributed by atoms with E-state index in [-0.39, 0.29) is 11.9 Å². The molecule has 5 nitrogen and oxygen atoms in total. The maximum absolute atomic E-state index is 11.8. The van der Waals surface area contributed by atoms with Gasteiger partial charge in [0.2, 0.25) is 5.91 Å². The van der Waals surface area contributed by atoms with Crippen molar-refractivity contribution in [3.05, 3.63) is 17.0 Å². The Labute approximate surface area is 101 Å². The molecule has 1 aliphatic heterocycles. The number of nitrogens with one attached hydrogen (secondary N) is 2. The molecule has 1 aromatic rings. The molecule has 1 aromatic heterocycles. The van der Waals surface area contributed by atoms with E-state index >= 15 is 0 Å². The number of aromatic nitrogens is 2.